The van der Waals surface area contributed by atoms with Crippen LogP contribution >= 0.6 is 23.5 Å². The fourth-order valence-corrected chi connectivity index (χ4v) is 12.4. The molecule has 0 aromatic carbocycles. The summed E-state index contributed by atoms with van der Waals surface area (Å²) in [5.74, 6) is 3.31. The quantitative estimate of drug-likeness (QED) is 0.372. The zero-order valence-electron chi connectivity index (χ0n) is 21.8. The molecule has 7 rings (SSSR count). The first-order valence-corrected chi connectivity index (χ1v) is 16.3. The number of allylic oxidation sites excluding steroid dienone is 3. The number of hydrogen-bond acceptors (Lipinski definition) is 5. The third-order valence-corrected chi connectivity index (χ3v) is 14.1. The number of Topliss-reactive ketones (excluding diaryl/α,β-unsaturated/α-hetero) is 1. The van der Waals surface area contributed by atoms with Crippen LogP contribution in [0.5, 0.6) is 0 Å². The Labute approximate surface area is 224 Å². The number of carbonyl (C=O) groups is 1. The molecule has 4 nitrogen and oxygen atoms in total. The monoisotopic (exact) mass is 524 g/mol. The Bertz CT molecular complexity index is 1090. The molecule has 2 heterocycles. The maximum atomic E-state index is 13.2. The third kappa shape index (κ3) is 3.71. The Balaban J connectivity index is 1.10. The minimum Gasteiger partial charge on any atom is -0.871 e. The summed E-state index contributed by atoms with van der Waals surface area (Å²) < 4.78 is 2.38. The minimum atomic E-state index is -0.0428. The summed E-state index contributed by atoms with van der Waals surface area (Å²) in [6, 6.07) is 1.13. The van der Waals surface area contributed by atoms with Crippen molar-refractivity contribution in [3.8, 4) is 0 Å². The normalized spacial score (nSPS) is 44.5. The van der Waals surface area contributed by atoms with Crippen LogP contribution in [-0.2, 0) is 4.79 Å². The van der Waals surface area contributed by atoms with Crippen molar-refractivity contribution in [2.24, 2.45) is 23.7 Å². The van der Waals surface area contributed by atoms with E-state index in [1.807, 2.05) is 35.7 Å². The Hall–Kier alpha value is -1.14. The first-order valence-electron chi connectivity index (χ1n) is 14.6. The summed E-state index contributed by atoms with van der Waals surface area (Å²) in [7, 11) is 4.36. The van der Waals surface area contributed by atoms with Crippen LogP contribution in [0.1, 0.15) is 77.0 Å². The van der Waals surface area contributed by atoms with E-state index >= 15 is 0 Å². The van der Waals surface area contributed by atoms with Gasteiger partial charge in [0.1, 0.15) is 7.05 Å². The van der Waals surface area contributed by atoms with Gasteiger partial charge in [0.25, 0.3) is 0 Å². The summed E-state index contributed by atoms with van der Waals surface area (Å²) in [5, 5.41) is 16.8. The zero-order chi connectivity index (χ0) is 24.6. The second-order valence-electron chi connectivity index (χ2n) is 12.5. The molecule has 1 saturated heterocycles. The molecule has 0 aromatic rings. The van der Waals surface area contributed by atoms with Crippen molar-refractivity contribution in [2.45, 2.75) is 99.6 Å². The fraction of sp³-hybridized carbons (Fsp3) is 0.733. The van der Waals surface area contributed by atoms with Gasteiger partial charge in [-0.1, -0.05) is 44.3 Å². The van der Waals surface area contributed by atoms with Gasteiger partial charge in [0.05, 0.1) is 10.3 Å². The molecule has 0 radical (unpaired) electrons. The Kier molecular flexibility index (Phi) is 6.15. The standard InChI is InChI=1S/C30H40N2O2S2/c1-31-23-13-11-17-7-3-5-9-19(17)29(23)35-25(31)15-21-27(33)22(28(21)34)16-26-32(2)24-14-12-18-8-4-6-10-20(18)30(24)36-26/h15-20,23-24,29-30H,3-14H2,1-2H3. The topological polar surface area (TPSA) is 46.4 Å². The van der Waals surface area contributed by atoms with Gasteiger partial charge in [0.15, 0.2) is 11.8 Å². The van der Waals surface area contributed by atoms with E-state index < -0.39 is 0 Å². The summed E-state index contributed by atoms with van der Waals surface area (Å²) in [6.07, 6.45) is 20.1. The molecule has 6 heteroatoms. The highest BCUT2D eigenvalue weighted by molar-refractivity contribution is 8.14. The van der Waals surface area contributed by atoms with E-state index in [1.54, 1.807) is 0 Å². The molecule has 0 N–H and O–H groups in total. The summed E-state index contributed by atoms with van der Waals surface area (Å²) >= 11 is 3.91. The molecular formula is C30H40N2O2S2. The van der Waals surface area contributed by atoms with Gasteiger partial charge in [-0.15, -0.1) is 11.8 Å². The second-order valence-corrected chi connectivity index (χ2v) is 14.9. The maximum absolute atomic E-state index is 13.2. The molecule has 5 fully saturated rings. The van der Waals surface area contributed by atoms with Gasteiger partial charge in [-0.25, -0.2) is 4.58 Å². The van der Waals surface area contributed by atoms with Gasteiger partial charge in [0, 0.05) is 42.0 Å². The van der Waals surface area contributed by atoms with E-state index in [0.717, 1.165) is 33.7 Å². The number of thioether (sulfide) groups is 2. The Morgan fingerprint density at radius 2 is 1.53 bits per heavy atom. The van der Waals surface area contributed by atoms with Crippen LogP contribution in [0.2, 0.25) is 0 Å². The third-order valence-electron chi connectivity index (χ3n) is 10.9. The molecular weight excluding hydrogens is 484 g/mol. The molecule has 4 saturated carbocycles. The van der Waals surface area contributed by atoms with Crippen LogP contribution < -0.4 is 5.11 Å². The van der Waals surface area contributed by atoms with Gasteiger partial charge in [-0.3, -0.25) is 4.79 Å². The number of nitrogens with zero attached hydrogens (tertiary/aromatic N) is 2. The minimum absolute atomic E-state index is 0.0428. The highest BCUT2D eigenvalue weighted by atomic mass is 32.2. The van der Waals surface area contributed by atoms with Crippen LogP contribution in [-0.4, -0.2) is 57.0 Å². The molecule has 0 bridgehead atoms. The highest BCUT2D eigenvalue weighted by Crippen LogP contribution is 2.54. The van der Waals surface area contributed by atoms with Crippen molar-refractivity contribution in [1.29, 1.82) is 0 Å². The van der Waals surface area contributed by atoms with Crippen LogP contribution in [0.15, 0.2) is 34.1 Å². The zero-order valence-corrected chi connectivity index (χ0v) is 23.4. The molecule has 8 unspecified atom stereocenters. The number of hydrogen-bond donors (Lipinski definition) is 0. The van der Waals surface area contributed by atoms with E-state index in [4.69, 9.17) is 0 Å². The number of fused-ring (bicyclic) bond motifs is 6. The van der Waals surface area contributed by atoms with Crippen LogP contribution in [0.25, 0.3) is 0 Å². The highest BCUT2D eigenvalue weighted by Gasteiger charge is 2.51. The van der Waals surface area contributed by atoms with Crippen molar-refractivity contribution in [3.63, 3.8) is 0 Å². The van der Waals surface area contributed by atoms with Gasteiger partial charge in [-0.2, -0.15) is 0 Å². The molecule has 2 aliphatic heterocycles. The molecule has 5 aliphatic carbocycles. The lowest BCUT2D eigenvalue weighted by atomic mass is 9.69. The first kappa shape index (κ1) is 23.9. The van der Waals surface area contributed by atoms with E-state index in [1.165, 1.54) is 77.0 Å². The maximum Gasteiger partial charge on any atom is 0.236 e. The van der Waals surface area contributed by atoms with Crippen molar-refractivity contribution >= 4 is 34.4 Å². The number of rotatable bonds is 2. The van der Waals surface area contributed by atoms with Gasteiger partial charge in [-0.05, 0) is 73.6 Å². The summed E-state index contributed by atoms with van der Waals surface area (Å²) in [4.78, 5) is 15.6. The lowest BCUT2D eigenvalue weighted by Crippen LogP contribution is -2.44. The van der Waals surface area contributed by atoms with E-state index in [2.05, 4.69) is 23.6 Å². The molecule has 194 valence electrons. The lowest BCUT2D eigenvalue weighted by Gasteiger charge is -2.43. The molecule has 8 atom stereocenters. The van der Waals surface area contributed by atoms with Crippen LogP contribution in [0.3, 0.4) is 0 Å². The molecule has 0 aromatic heterocycles. The van der Waals surface area contributed by atoms with Gasteiger partial charge < -0.3 is 10.0 Å². The molecule has 7 aliphatic rings. The molecule has 0 spiro atoms. The van der Waals surface area contributed by atoms with Crippen molar-refractivity contribution in [1.82, 2.24) is 4.90 Å². The van der Waals surface area contributed by atoms with E-state index in [0.29, 0.717) is 33.7 Å². The van der Waals surface area contributed by atoms with Crippen molar-refractivity contribution < 1.29 is 14.5 Å². The van der Waals surface area contributed by atoms with E-state index in [9.17, 15) is 9.90 Å². The number of carbonyl (C=O) groups excluding carboxylic acids is 1. The van der Waals surface area contributed by atoms with Crippen molar-refractivity contribution in [3.05, 3.63) is 34.1 Å². The largest absolute Gasteiger partial charge is 0.871 e. The predicted octanol–water partition coefficient (Wildman–Crippen LogP) is 5.09. The van der Waals surface area contributed by atoms with Crippen LogP contribution in [0, 0.1) is 23.7 Å². The average molecular weight is 525 g/mol. The van der Waals surface area contributed by atoms with Gasteiger partial charge in [0.2, 0.25) is 5.04 Å². The Morgan fingerprint density at radius 1 is 0.861 bits per heavy atom. The predicted molar refractivity (Wildman–Crippen MR) is 147 cm³/mol. The number of ketones is 1. The van der Waals surface area contributed by atoms with Crippen molar-refractivity contribution in [2.75, 3.05) is 14.1 Å². The first-order chi connectivity index (χ1) is 17.5. The summed E-state index contributed by atoms with van der Waals surface area (Å²) in [5.41, 5.74) is 0.816. The van der Waals surface area contributed by atoms with Crippen LogP contribution in [0.4, 0.5) is 0 Å². The summed E-state index contributed by atoms with van der Waals surface area (Å²) in [6.45, 7) is 0. The fourth-order valence-electron chi connectivity index (χ4n) is 8.87. The van der Waals surface area contributed by atoms with E-state index in [-0.39, 0.29) is 11.5 Å². The molecule has 0 amide bonds. The second kappa shape index (κ2) is 9.25. The van der Waals surface area contributed by atoms with Gasteiger partial charge >= 0.3 is 0 Å². The average Bonchev–Trinajstić information content (AvgIpc) is 3.41. The lowest BCUT2D eigenvalue weighted by molar-refractivity contribution is -0.535. The smallest absolute Gasteiger partial charge is 0.236 e. The SMILES string of the molecule is CN1C(=CC2=C([O-])C(=CC3=[N+](C)C4CCC5CCCCC5C4S3)C2=O)SC2C3CCCCC3CCC21. The molecule has 36 heavy (non-hydrogen) atoms. The Morgan fingerprint density at radius 3 is 2.25 bits per heavy atom.